The molecule has 19 heavy (non-hydrogen) atoms. The molecule has 1 aromatic heterocycles. The highest BCUT2D eigenvalue weighted by atomic mass is 16.5. The van der Waals surface area contributed by atoms with E-state index in [4.69, 9.17) is 10.5 Å². The Morgan fingerprint density at radius 2 is 1.79 bits per heavy atom. The Kier molecular flexibility index (Phi) is 3.69. The van der Waals surface area contributed by atoms with E-state index in [-0.39, 0.29) is 0 Å². The molecule has 0 amide bonds. The lowest BCUT2D eigenvalue weighted by molar-refractivity contribution is 0.448. The normalized spacial score (nSPS) is 10.8. The number of anilines is 1. The van der Waals surface area contributed by atoms with E-state index >= 15 is 0 Å². The van der Waals surface area contributed by atoms with E-state index in [9.17, 15) is 0 Å². The topological polar surface area (TPSA) is 61.0 Å². The monoisotopic (exact) mass is 257 g/mol. The van der Waals surface area contributed by atoms with Gasteiger partial charge in [-0.1, -0.05) is 32.0 Å². The number of para-hydroxylation sites is 1. The first-order valence-corrected chi connectivity index (χ1v) is 6.36. The van der Waals surface area contributed by atoms with E-state index in [0.717, 1.165) is 16.9 Å². The van der Waals surface area contributed by atoms with Crippen LogP contribution in [0.1, 0.15) is 36.7 Å². The molecule has 1 aromatic carbocycles. The predicted octanol–water partition coefficient (Wildman–Crippen LogP) is 3.59. The van der Waals surface area contributed by atoms with E-state index in [2.05, 4.69) is 29.9 Å². The number of aromatic nitrogens is 2. The van der Waals surface area contributed by atoms with Gasteiger partial charge >= 0.3 is 0 Å². The summed E-state index contributed by atoms with van der Waals surface area (Å²) in [5.74, 6) is 2.80. The van der Waals surface area contributed by atoms with Gasteiger partial charge in [0.1, 0.15) is 17.4 Å². The molecule has 0 spiro atoms. The molecule has 100 valence electrons. The lowest BCUT2D eigenvalue weighted by Crippen LogP contribution is -2.03. The molecule has 0 bridgehead atoms. The highest BCUT2D eigenvalue weighted by molar-refractivity contribution is 5.47. The van der Waals surface area contributed by atoms with Crippen molar-refractivity contribution in [2.45, 2.75) is 33.6 Å². The van der Waals surface area contributed by atoms with Crippen LogP contribution in [-0.2, 0) is 0 Å². The Labute approximate surface area is 113 Å². The molecule has 2 aromatic rings. The second-order valence-electron chi connectivity index (χ2n) is 4.88. The molecule has 1 heterocycles. The molecule has 0 atom stereocenters. The number of benzene rings is 1. The van der Waals surface area contributed by atoms with Crippen molar-refractivity contribution < 1.29 is 4.74 Å². The maximum Gasteiger partial charge on any atom is 0.227 e. The summed E-state index contributed by atoms with van der Waals surface area (Å²) in [6.07, 6.45) is 0. The third-order valence-corrected chi connectivity index (χ3v) is 3.00. The summed E-state index contributed by atoms with van der Waals surface area (Å²) in [6.45, 7) is 7.93. The number of nitrogens with two attached hydrogens (primary N) is 1. The number of rotatable bonds is 3. The van der Waals surface area contributed by atoms with Crippen LogP contribution in [0, 0.1) is 13.8 Å². The zero-order chi connectivity index (χ0) is 14.0. The molecule has 0 saturated heterocycles. The summed E-state index contributed by atoms with van der Waals surface area (Å²) in [5, 5.41) is 0. The van der Waals surface area contributed by atoms with E-state index in [1.165, 1.54) is 0 Å². The minimum atomic E-state index is 0.386. The number of nitrogens with zero attached hydrogens (tertiary/aromatic N) is 2. The molecule has 2 rings (SSSR count). The average Bonchev–Trinajstić information content (AvgIpc) is 2.35. The Hall–Kier alpha value is -2.10. The number of hydrogen-bond donors (Lipinski definition) is 1. The zero-order valence-corrected chi connectivity index (χ0v) is 11.8. The third kappa shape index (κ3) is 2.84. The van der Waals surface area contributed by atoms with Gasteiger partial charge in [0, 0.05) is 0 Å². The minimum Gasteiger partial charge on any atom is -0.438 e. The summed E-state index contributed by atoms with van der Waals surface area (Å²) in [6, 6.07) is 7.97. The SMILES string of the molecule is Cc1nc(N)c(C)c(Oc2ccccc2C(C)C)n1. The second kappa shape index (κ2) is 5.26. The highest BCUT2D eigenvalue weighted by Crippen LogP contribution is 2.31. The van der Waals surface area contributed by atoms with Gasteiger partial charge < -0.3 is 10.5 Å². The number of ether oxygens (including phenoxy) is 1. The smallest absolute Gasteiger partial charge is 0.227 e. The van der Waals surface area contributed by atoms with Gasteiger partial charge in [-0.05, 0) is 31.4 Å². The van der Waals surface area contributed by atoms with Gasteiger partial charge in [-0.3, -0.25) is 0 Å². The summed E-state index contributed by atoms with van der Waals surface area (Å²) in [4.78, 5) is 8.44. The van der Waals surface area contributed by atoms with Crippen molar-refractivity contribution in [2.75, 3.05) is 5.73 Å². The lowest BCUT2D eigenvalue weighted by Gasteiger charge is -2.14. The fraction of sp³-hybridized carbons (Fsp3) is 0.333. The van der Waals surface area contributed by atoms with Gasteiger partial charge in [0.2, 0.25) is 5.88 Å². The average molecular weight is 257 g/mol. The van der Waals surface area contributed by atoms with Crippen LogP contribution >= 0.6 is 0 Å². The van der Waals surface area contributed by atoms with Crippen molar-refractivity contribution in [3.8, 4) is 11.6 Å². The molecule has 4 heteroatoms. The van der Waals surface area contributed by atoms with E-state index in [1.807, 2.05) is 25.1 Å². The predicted molar refractivity (Wildman–Crippen MR) is 76.5 cm³/mol. The van der Waals surface area contributed by atoms with Crippen molar-refractivity contribution in [1.29, 1.82) is 0 Å². The molecule has 0 fully saturated rings. The molecule has 0 unspecified atom stereocenters. The van der Waals surface area contributed by atoms with Crippen molar-refractivity contribution in [3.05, 3.63) is 41.2 Å². The number of hydrogen-bond acceptors (Lipinski definition) is 4. The van der Waals surface area contributed by atoms with Crippen molar-refractivity contribution in [2.24, 2.45) is 0 Å². The van der Waals surface area contributed by atoms with Gasteiger partial charge in [-0.25, -0.2) is 4.98 Å². The standard InChI is InChI=1S/C15H19N3O/c1-9(2)12-7-5-6-8-13(12)19-15-10(3)14(16)17-11(4)18-15/h5-9H,1-4H3,(H2,16,17,18). The maximum atomic E-state index is 5.93. The van der Waals surface area contributed by atoms with Crippen LogP contribution in [0.15, 0.2) is 24.3 Å². The molecule has 0 aliphatic rings. The van der Waals surface area contributed by atoms with Crippen LogP contribution in [0.3, 0.4) is 0 Å². The van der Waals surface area contributed by atoms with Crippen LogP contribution in [0.25, 0.3) is 0 Å². The van der Waals surface area contributed by atoms with Gasteiger partial charge in [0.25, 0.3) is 0 Å². The first-order valence-electron chi connectivity index (χ1n) is 6.36. The summed E-state index contributed by atoms with van der Waals surface area (Å²) < 4.78 is 5.93. The second-order valence-corrected chi connectivity index (χ2v) is 4.88. The number of nitrogen functional groups attached to an aromatic ring is 1. The quantitative estimate of drug-likeness (QED) is 0.912. The molecule has 0 aliphatic carbocycles. The molecule has 0 radical (unpaired) electrons. The van der Waals surface area contributed by atoms with Gasteiger partial charge in [0.15, 0.2) is 0 Å². The van der Waals surface area contributed by atoms with Crippen LogP contribution in [-0.4, -0.2) is 9.97 Å². The fourth-order valence-electron chi connectivity index (χ4n) is 1.88. The highest BCUT2D eigenvalue weighted by Gasteiger charge is 2.12. The molecule has 0 aliphatic heterocycles. The van der Waals surface area contributed by atoms with Crippen molar-refractivity contribution in [3.63, 3.8) is 0 Å². The molecule has 2 N–H and O–H groups in total. The Bertz CT molecular complexity index is 594. The fourth-order valence-corrected chi connectivity index (χ4v) is 1.88. The molecular weight excluding hydrogens is 238 g/mol. The lowest BCUT2D eigenvalue weighted by atomic mass is 10.0. The third-order valence-electron chi connectivity index (χ3n) is 3.00. The van der Waals surface area contributed by atoms with E-state index < -0.39 is 0 Å². The van der Waals surface area contributed by atoms with Crippen LogP contribution in [0.4, 0.5) is 5.82 Å². The van der Waals surface area contributed by atoms with Crippen LogP contribution < -0.4 is 10.5 Å². The maximum absolute atomic E-state index is 5.93. The first kappa shape index (κ1) is 13.3. The van der Waals surface area contributed by atoms with Gasteiger partial charge in [-0.2, -0.15) is 4.98 Å². The van der Waals surface area contributed by atoms with Crippen molar-refractivity contribution >= 4 is 5.82 Å². The van der Waals surface area contributed by atoms with Gasteiger partial charge in [0.05, 0.1) is 5.56 Å². The summed E-state index contributed by atoms with van der Waals surface area (Å²) in [7, 11) is 0. The molecule has 4 nitrogen and oxygen atoms in total. The summed E-state index contributed by atoms with van der Waals surface area (Å²) >= 11 is 0. The van der Waals surface area contributed by atoms with Crippen molar-refractivity contribution in [1.82, 2.24) is 9.97 Å². The Morgan fingerprint density at radius 1 is 1.11 bits per heavy atom. The molecular formula is C15H19N3O. The Morgan fingerprint density at radius 3 is 2.47 bits per heavy atom. The summed E-state index contributed by atoms with van der Waals surface area (Å²) in [5.41, 5.74) is 7.76. The van der Waals surface area contributed by atoms with Gasteiger partial charge in [-0.15, -0.1) is 0 Å². The minimum absolute atomic E-state index is 0.386. The first-order chi connectivity index (χ1) is 8.99. The zero-order valence-electron chi connectivity index (χ0n) is 11.8. The Balaban J connectivity index is 2.42. The number of aryl methyl sites for hydroxylation is 1. The van der Waals surface area contributed by atoms with E-state index in [0.29, 0.717) is 23.4 Å². The molecule has 0 saturated carbocycles. The largest absolute Gasteiger partial charge is 0.438 e. The van der Waals surface area contributed by atoms with Crippen LogP contribution in [0.2, 0.25) is 0 Å². The van der Waals surface area contributed by atoms with E-state index in [1.54, 1.807) is 6.92 Å². The van der Waals surface area contributed by atoms with Crippen LogP contribution in [0.5, 0.6) is 11.6 Å².